The number of rotatable bonds is 3. The number of nitrogens with zero attached hydrogens (tertiary/aromatic N) is 1. The smallest absolute Gasteiger partial charge is 0.341 e. The van der Waals surface area contributed by atoms with Crippen molar-refractivity contribution >= 4 is 11.7 Å². The van der Waals surface area contributed by atoms with Crippen LogP contribution in [0.25, 0.3) is 0 Å². The number of aliphatic carboxylic acids is 1. The summed E-state index contributed by atoms with van der Waals surface area (Å²) in [4.78, 5) is 13.1. The number of hydrogen-bond donors (Lipinski definition) is 1. The molecule has 0 saturated heterocycles. The van der Waals surface area contributed by atoms with Gasteiger partial charge in [-0.3, -0.25) is 0 Å². The minimum atomic E-state index is -0.929. The number of likely N-dealkylation sites (N-methyl/N-ethyl adjacent to an activating group) is 1. The number of anilines is 1. The molecule has 1 aromatic rings. The molecule has 3 atom stereocenters. The molecule has 4 heteroatoms. The summed E-state index contributed by atoms with van der Waals surface area (Å²) in [5.74, 6) is 0.904. The van der Waals surface area contributed by atoms with Crippen molar-refractivity contribution in [2.45, 2.75) is 38.1 Å². The summed E-state index contributed by atoms with van der Waals surface area (Å²) in [7, 11) is 2.14. The number of carbonyl (C=O) groups is 1. The zero-order chi connectivity index (χ0) is 14.3. The molecule has 1 aliphatic heterocycles. The quantitative estimate of drug-likeness (QED) is 0.921. The third kappa shape index (κ3) is 2.03. The van der Waals surface area contributed by atoms with E-state index < -0.39 is 5.97 Å². The molecule has 0 amide bonds. The Kier molecular flexibility index (Phi) is 3.32. The van der Waals surface area contributed by atoms with E-state index in [1.165, 1.54) is 30.5 Å². The van der Waals surface area contributed by atoms with Gasteiger partial charge in [0.25, 0.3) is 0 Å². The fraction of sp³-hybridized carbons (Fsp3) is 0.562. The van der Waals surface area contributed by atoms with Crippen LogP contribution in [0.3, 0.4) is 0 Å². The number of carboxylic acids is 1. The van der Waals surface area contributed by atoms with E-state index in [0.29, 0.717) is 17.9 Å². The molecule has 2 aliphatic rings. The molecule has 0 aromatic heterocycles. The van der Waals surface area contributed by atoms with E-state index in [0.717, 1.165) is 5.75 Å². The Morgan fingerprint density at radius 3 is 3.00 bits per heavy atom. The zero-order valence-corrected chi connectivity index (χ0v) is 12.0. The van der Waals surface area contributed by atoms with Crippen LogP contribution in [0.2, 0.25) is 0 Å². The maximum atomic E-state index is 10.7. The maximum absolute atomic E-state index is 10.7. The standard InChI is InChI=1S/C16H21NO3/c1-10-5-3-6-11-15(10)16-12(17(11)2)7-4-8-13(16)20-9-14(18)19/h4,7-8,10-11,15H,3,5-6,9H2,1-2H3,(H,18,19). The number of hydrogen-bond acceptors (Lipinski definition) is 3. The summed E-state index contributed by atoms with van der Waals surface area (Å²) < 4.78 is 5.53. The van der Waals surface area contributed by atoms with Crippen LogP contribution in [0.5, 0.6) is 5.75 Å². The fourth-order valence-corrected chi connectivity index (χ4v) is 3.92. The van der Waals surface area contributed by atoms with Crippen LogP contribution in [0, 0.1) is 5.92 Å². The van der Waals surface area contributed by atoms with E-state index in [9.17, 15) is 4.79 Å². The zero-order valence-electron chi connectivity index (χ0n) is 12.0. The summed E-state index contributed by atoms with van der Waals surface area (Å²) in [6, 6.07) is 6.50. The average molecular weight is 275 g/mol. The molecule has 1 saturated carbocycles. The van der Waals surface area contributed by atoms with Gasteiger partial charge in [0.1, 0.15) is 5.75 Å². The van der Waals surface area contributed by atoms with Crippen LogP contribution in [-0.2, 0) is 4.79 Å². The maximum Gasteiger partial charge on any atom is 0.341 e. The molecule has 1 aromatic carbocycles. The van der Waals surface area contributed by atoms with Gasteiger partial charge in [0.2, 0.25) is 0 Å². The van der Waals surface area contributed by atoms with Crippen molar-refractivity contribution in [2.24, 2.45) is 5.92 Å². The van der Waals surface area contributed by atoms with Gasteiger partial charge in [-0.2, -0.15) is 0 Å². The molecule has 1 aliphatic carbocycles. The number of ether oxygens (including phenoxy) is 1. The Morgan fingerprint density at radius 2 is 2.25 bits per heavy atom. The van der Waals surface area contributed by atoms with Gasteiger partial charge in [-0.25, -0.2) is 4.79 Å². The van der Waals surface area contributed by atoms with Crippen LogP contribution in [0.15, 0.2) is 18.2 Å². The second-order valence-corrected chi connectivity index (χ2v) is 5.98. The molecule has 1 heterocycles. The first-order valence-corrected chi connectivity index (χ1v) is 7.30. The molecule has 1 fully saturated rings. The molecule has 20 heavy (non-hydrogen) atoms. The predicted octanol–water partition coefficient (Wildman–Crippen LogP) is 2.87. The Hall–Kier alpha value is -1.71. The molecule has 3 rings (SSSR count). The van der Waals surface area contributed by atoms with Gasteiger partial charge in [0.05, 0.1) is 0 Å². The summed E-state index contributed by atoms with van der Waals surface area (Å²) in [5, 5.41) is 8.82. The van der Waals surface area contributed by atoms with Gasteiger partial charge in [-0.15, -0.1) is 0 Å². The molecule has 0 bridgehead atoms. The third-order valence-corrected chi connectivity index (χ3v) is 4.79. The summed E-state index contributed by atoms with van der Waals surface area (Å²) in [6.07, 6.45) is 3.71. The highest BCUT2D eigenvalue weighted by molar-refractivity contribution is 5.70. The first-order valence-electron chi connectivity index (χ1n) is 7.30. The Balaban J connectivity index is 1.99. The number of fused-ring (bicyclic) bond motifs is 3. The van der Waals surface area contributed by atoms with E-state index in [4.69, 9.17) is 9.84 Å². The monoisotopic (exact) mass is 275 g/mol. The first kappa shape index (κ1) is 13.3. The largest absolute Gasteiger partial charge is 0.482 e. The highest BCUT2D eigenvalue weighted by Gasteiger charge is 2.43. The molecule has 4 nitrogen and oxygen atoms in total. The fourth-order valence-electron chi connectivity index (χ4n) is 3.92. The minimum Gasteiger partial charge on any atom is -0.482 e. The van der Waals surface area contributed by atoms with Gasteiger partial charge in [-0.1, -0.05) is 19.4 Å². The SMILES string of the molecule is CC1CCCC2C1c1c(OCC(=O)O)cccc1N2C. The van der Waals surface area contributed by atoms with Crippen molar-refractivity contribution in [3.63, 3.8) is 0 Å². The highest BCUT2D eigenvalue weighted by atomic mass is 16.5. The van der Waals surface area contributed by atoms with Gasteiger partial charge in [0.15, 0.2) is 6.61 Å². The summed E-state index contributed by atoms with van der Waals surface area (Å²) in [5.41, 5.74) is 2.42. The first-order chi connectivity index (χ1) is 9.59. The van der Waals surface area contributed by atoms with Crippen LogP contribution in [-0.4, -0.2) is 30.8 Å². The second-order valence-electron chi connectivity index (χ2n) is 5.98. The van der Waals surface area contributed by atoms with Crippen LogP contribution >= 0.6 is 0 Å². The van der Waals surface area contributed by atoms with Gasteiger partial charge in [-0.05, 0) is 30.9 Å². The van der Waals surface area contributed by atoms with Crippen molar-refractivity contribution in [3.05, 3.63) is 23.8 Å². The van der Waals surface area contributed by atoms with Crippen molar-refractivity contribution < 1.29 is 14.6 Å². The van der Waals surface area contributed by atoms with Crippen molar-refractivity contribution in [1.29, 1.82) is 0 Å². The van der Waals surface area contributed by atoms with Crippen LogP contribution < -0.4 is 9.64 Å². The van der Waals surface area contributed by atoms with Crippen molar-refractivity contribution in [2.75, 3.05) is 18.6 Å². The van der Waals surface area contributed by atoms with Gasteiger partial charge in [0, 0.05) is 30.3 Å². The lowest BCUT2D eigenvalue weighted by molar-refractivity contribution is -0.139. The van der Waals surface area contributed by atoms with E-state index in [1.54, 1.807) is 0 Å². The molecule has 108 valence electrons. The topological polar surface area (TPSA) is 49.8 Å². The third-order valence-electron chi connectivity index (χ3n) is 4.79. The molecule has 0 radical (unpaired) electrons. The highest BCUT2D eigenvalue weighted by Crippen LogP contribution is 2.52. The lowest BCUT2D eigenvalue weighted by atomic mass is 9.75. The number of carboxylic acid groups (broad SMARTS) is 1. The van der Waals surface area contributed by atoms with Gasteiger partial charge < -0.3 is 14.7 Å². The van der Waals surface area contributed by atoms with E-state index in [-0.39, 0.29) is 6.61 Å². The molecular formula is C16H21NO3. The molecule has 0 spiro atoms. The average Bonchev–Trinajstić information content (AvgIpc) is 2.72. The Labute approximate surface area is 119 Å². The predicted molar refractivity (Wildman–Crippen MR) is 77.5 cm³/mol. The Morgan fingerprint density at radius 1 is 1.45 bits per heavy atom. The molecule has 1 N–H and O–H groups in total. The van der Waals surface area contributed by atoms with E-state index in [2.05, 4.69) is 24.9 Å². The van der Waals surface area contributed by atoms with Crippen LogP contribution in [0.1, 0.15) is 37.7 Å². The lowest BCUT2D eigenvalue weighted by Crippen LogP contribution is -2.36. The summed E-state index contributed by atoms with van der Waals surface area (Å²) >= 11 is 0. The Bertz CT molecular complexity index is 528. The molecular weight excluding hydrogens is 254 g/mol. The summed E-state index contributed by atoms with van der Waals surface area (Å²) in [6.45, 7) is 2.03. The second kappa shape index (κ2) is 5.00. The van der Waals surface area contributed by atoms with Crippen LogP contribution in [0.4, 0.5) is 5.69 Å². The number of benzene rings is 1. The van der Waals surface area contributed by atoms with Crippen molar-refractivity contribution in [3.8, 4) is 5.75 Å². The minimum absolute atomic E-state index is 0.272. The normalized spacial score (nSPS) is 27.9. The van der Waals surface area contributed by atoms with Gasteiger partial charge >= 0.3 is 5.97 Å². The van der Waals surface area contributed by atoms with E-state index in [1.807, 2.05) is 12.1 Å². The lowest BCUT2D eigenvalue weighted by Gasteiger charge is -2.35. The molecule has 3 unspecified atom stereocenters. The van der Waals surface area contributed by atoms with Crippen molar-refractivity contribution in [1.82, 2.24) is 0 Å². The van der Waals surface area contributed by atoms with E-state index >= 15 is 0 Å².